The number of anilines is 1. The number of nitrogens with zero attached hydrogens (tertiary/aromatic N) is 2. The molecule has 1 atom stereocenters. The summed E-state index contributed by atoms with van der Waals surface area (Å²) in [6.07, 6.45) is 1.04. The van der Waals surface area contributed by atoms with Gasteiger partial charge < -0.3 is 15.4 Å². The number of aryl methyl sites for hydroxylation is 1. The Bertz CT molecular complexity index is 428. The van der Waals surface area contributed by atoms with Crippen molar-refractivity contribution in [2.75, 3.05) is 45.6 Å². The smallest absolute Gasteiger partial charge is 0.142 e. The van der Waals surface area contributed by atoms with Gasteiger partial charge in [0.15, 0.2) is 0 Å². The van der Waals surface area contributed by atoms with Gasteiger partial charge in [0.05, 0.1) is 12.3 Å². The first-order valence-electron chi connectivity index (χ1n) is 7.48. The van der Waals surface area contributed by atoms with Crippen molar-refractivity contribution in [2.24, 2.45) is 0 Å². The summed E-state index contributed by atoms with van der Waals surface area (Å²) in [4.78, 5) is 4.93. The lowest BCUT2D eigenvalue weighted by Gasteiger charge is -2.36. The van der Waals surface area contributed by atoms with Crippen LogP contribution in [-0.4, -0.2) is 55.7 Å². The third-order valence-electron chi connectivity index (χ3n) is 4.12. The molecule has 4 nitrogen and oxygen atoms in total. The van der Waals surface area contributed by atoms with E-state index in [4.69, 9.17) is 10.5 Å². The van der Waals surface area contributed by atoms with Gasteiger partial charge in [-0.15, -0.1) is 0 Å². The van der Waals surface area contributed by atoms with E-state index in [2.05, 4.69) is 30.7 Å². The molecule has 1 saturated heterocycles. The summed E-state index contributed by atoms with van der Waals surface area (Å²) >= 11 is 0. The molecule has 0 aliphatic carbocycles. The lowest BCUT2D eigenvalue weighted by atomic mass is 10.2. The van der Waals surface area contributed by atoms with Gasteiger partial charge in [-0.2, -0.15) is 0 Å². The highest BCUT2D eigenvalue weighted by Gasteiger charge is 2.18. The fourth-order valence-corrected chi connectivity index (χ4v) is 2.55. The SMILES string of the molecule is Cc1ccc(N)c(OCCC(C)N2CCN(C)CC2)c1. The van der Waals surface area contributed by atoms with Gasteiger partial charge in [-0.3, -0.25) is 4.90 Å². The van der Waals surface area contributed by atoms with E-state index >= 15 is 0 Å². The first-order chi connectivity index (χ1) is 9.56. The van der Waals surface area contributed by atoms with Gasteiger partial charge in [0.1, 0.15) is 5.75 Å². The normalized spacial score (nSPS) is 18.9. The molecule has 4 heteroatoms. The van der Waals surface area contributed by atoms with Gasteiger partial charge in [0, 0.05) is 32.2 Å². The molecule has 1 aromatic carbocycles. The zero-order valence-electron chi connectivity index (χ0n) is 12.9. The third-order valence-corrected chi connectivity index (χ3v) is 4.12. The van der Waals surface area contributed by atoms with Gasteiger partial charge >= 0.3 is 0 Å². The summed E-state index contributed by atoms with van der Waals surface area (Å²) in [7, 11) is 2.19. The lowest BCUT2D eigenvalue weighted by molar-refractivity contribution is 0.106. The molecule has 1 aliphatic heterocycles. The molecule has 0 saturated carbocycles. The number of ether oxygens (including phenoxy) is 1. The topological polar surface area (TPSA) is 41.7 Å². The van der Waals surface area contributed by atoms with Crippen LogP contribution in [0, 0.1) is 6.92 Å². The summed E-state index contributed by atoms with van der Waals surface area (Å²) in [6.45, 7) is 9.70. The second-order valence-corrected chi connectivity index (χ2v) is 5.87. The van der Waals surface area contributed by atoms with E-state index in [1.807, 2.05) is 18.2 Å². The number of rotatable bonds is 5. The second-order valence-electron chi connectivity index (χ2n) is 5.87. The van der Waals surface area contributed by atoms with Crippen LogP contribution in [0.3, 0.4) is 0 Å². The van der Waals surface area contributed by atoms with Gasteiger partial charge in [0.2, 0.25) is 0 Å². The number of hydrogen-bond acceptors (Lipinski definition) is 4. The predicted octanol–water partition coefficient (Wildman–Crippen LogP) is 1.98. The van der Waals surface area contributed by atoms with Crippen LogP contribution >= 0.6 is 0 Å². The summed E-state index contributed by atoms with van der Waals surface area (Å²) in [5.41, 5.74) is 7.83. The first-order valence-corrected chi connectivity index (χ1v) is 7.48. The second kappa shape index (κ2) is 6.95. The minimum Gasteiger partial charge on any atom is -0.491 e. The maximum Gasteiger partial charge on any atom is 0.142 e. The Morgan fingerprint density at radius 1 is 1.25 bits per heavy atom. The molecule has 0 amide bonds. The molecule has 1 aliphatic rings. The van der Waals surface area contributed by atoms with Crippen molar-refractivity contribution >= 4 is 5.69 Å². The Kier molecular flexibility index (Phi) is 5.26. The molecule has 20 heavy (non-hydrogen) atoms. The van der Waals surface area contributed by atoms with Crippen molar-refractivity contribution in [1.29, 1.82) is 0 Å². The van der Waals surface area contributed by atoms with E-state index < -0.39 is 0 Å². The number of hydrogen-bond donors (Lipinski definition) is 1. The van der Waals surface area contributed by atoms with Crippen LogP contribution in [0.4, 0.5) is 5.69 Å². The Morgan fingerprint density at radius 3 is 2.65 bits per heavy atom. The van der Waals surface area contributed by atoms with Crippen LogP contribution in [0.15, 0.2) is 18.2 Å². The highest BCUT2D eigenvalue weighted by Crippen LogP contribution is 2.22. The highest BCUT2D eigenvalue weighted by molar-refractivity contribution is 5.53. The molecular weight excluding hydrogens is 250 g/mol. The zero-order chi connectivity index (χ0) is 14.5. The first kappa shape index (κ1) is 15.1. The van der Waals surface area contributed by atoms with Crippen LogP contribution in [0.2, 0.25) is 0 Å². The molecule has 0 radical (unpaired) electrons. The summed E-state index contributed by atoms with van der Waals surface area (Å²) in [5.74, 6) is 0.815. The molecule has 1 heterocycles. The van der Waals surface area contributed by atoms with Crippen LogP contribution in [-0.2, 0) is 0 Å². The van der Waals surface area contributed by atoms with Crippen LogP contribution in [0.1, 0.15) is 18.9 Å². The average Bonchev–Trinajstić information content (AvgIpc) is 2.43. The lowest BCUT2D eigenvalue weighted by Crippen LogP contribution is -2.48. The van der Waals surface area contributed by atoms with E-state index in [-0.39, 0.29) is 0 Å². The standard InChI is InChI=1S/C16H27N3O/c1-13-4-5-15(17)16(12-13)20-11-6-14(2)19-9-7-18(3)8-10-19/h4-5,12,14H,6-11,17H2,1-3H3. The van der Waals surface area contributed by atoms with Crippen molar-refractivity contribution in [3.63, 3.8) is 0 Å². The van der Waals surface area contributed by atoms with Crippen molar-refractivity contribution in [3.8, 4) is 5.75 Å². The fraction of sp³-hybridized carbons (Fsp3) is 0.625. The number of piperazine rings is 1. The molecule has 1 aromatic rings. The zero-order valence-corrected chi connectivity index (χ0v) is 12.9. The van der Waals surface area contributed by atoms with E-state index in [1.54, 1.807) is 0 Å². The molecule has 112 valence electrons. The maximum atomic E-state index is 5.92. The quantitative estimate of drug-likeness (QED) is 0.836. The average molecular weight is 277 g/mol. The van der Waals surface area contributed by atoms with Crippen LogP contribution in [0.5, 0.6) is 5.75 Å². The Morgan fingerprint density at radius 2 is 1.95 bits per heavy atom. The van der Waals surface area contributed by atoms with Crippen molar-refractivity contribution in [2.45, 2.75) is 26.3 Å². The van der Waals surface area contributed by atoms with E-state index in [9.17, 15) is 0 Å². The fourth-order valence-electron chi connectivity index (χ4n) is 2.55. The van der Waals surface area contributed by atoms with Crippen molar-refractivity contribution in [1.82, 2.24) is 9.80 Å². The van der Waals surface area contributed by atoms with E-state index in [1.165, 1.54) is 5.56 Å². The molecule has 0 spiro atoms. The minimum absolute atomic E-state index is 0.565. The van der Waals surface area contributed by atoms with Gasteiger partial charge in [-0.05, 0) is 45.0 Å². The molecule has 2 rings (SSSR count). The molecule has 0 bridgehead atoms. The number of nitrogen functional groups attached to an aromatic ring is 1. The Labute approximate surface area is 122 Å². The van der Waals surface area contributed by atoms with Gasteiger partial charge in [0.25, 0.3) is 0 Å². The molecule has 2 N–H and O–H groups in total. The molecular formula is C16H27N3O. The summed E-state index contributed by atoms with van der Waals surface area (Å²) < 4.78 is 5.84. The molecule has 1 fully saturated rings. The van der Waals surface area contributed by atoms with Crippen LogP contribution < -0.4 is 10.5 Å². The Hall–Kier alpha value is -1.26. The largest absolute Gasteiger partial charge is 0.491 e. The monoisotopic (exact) mass is 277 g/mol. The maximum absolute atomic E-state index is 5.92. The highest BCUT2D eigenvalue weighted by atomic mass is 16.5. The number of likely N-dealkylation sites (N-methyl/N-ethyl adjacent to an activating group) is 1. The minimum atomic E-state index is 0.565. The summed E-state index contributed by atoms with van der Waals surface area (Å²) in [6, 6.07) is 6.49. The molecule has 0 aromatic heterocycles. The van der Waals surface area contributed by atoms with Gasteiger partial charge in [-0.25, -0.2) is 0 Å². The predicted molar refractivity (Wildman–Crippen MR) is 84.2 cm³/mol. The van der Waals surface area contributed by atoms with Crippen molar-refractivity contribution < 1.29 is 4.74 Å². The molecule has 1 unspecified atom stereocenters. The van der Waals surface area contributed by atoms with E-state index in [0.29, 0.717) is 6.04 Å². The van der Waals surface area contributed by atoms with Crippen molar-refractivity contribution in [3.05, 3.63) is 23.8 Å². The van der Waals surface area contributed by atoms with Gasteiger partial charge in [-0.1, -0.05) is 6.07 Å². The third kappa shape index (κ3) is 4.12. The summed E-state index contributed by atoms with van der Waals surface area (Å²) in [5, 5.41) is 0. The Balaban J connectivity index is 1.76. The number of nitrogens with two attached hydrogens (primary N) is 1. The number of benzene rings is 1. The van der Waals surface area contributed by atoms with Crippen LogP contribution in [0.25, 0.3) is 0 Å². The van der Waals surface area contributed by atoms with E-state index in [0.717, 1.165) is 50.6 Å².